The fourth-order valence-electron chi connectivity index (χ4n) is 4.16. The number of H-pyrrole nitrogens is 1. The summed E-state index contributed by atoms with van der Waals surface area (Å²) in [6.45, 7) is 1.57. The molecule has 34 heavy (non-hydrogen) atoms. The molecule has 0 unspecified atom stereocenters. The Morgan fingerprint density at radius 1 is 1.18 bits per heavy atom. The van der Waals surface area contributed by atoms with Crippen LogP contribution in [0.1, 0.15) is 21.6 Å². The van der Waals surface area contributed by atoms with E-state index in [4.69, 9.17) is 11.6 Å². The molecule has 9 heteroatoms. The van der Waals surface area contributed by atoms with E-state index in [1.165, 1.54) is 29.0 Å². The largest absolute Gasteiger partial charge is 1.00 e. The summed E-state index contributed by atoms with van der Waals surface area (Å²) in [4.78, 5) is 31.9. The van der Waals surface area contributed by atoms with E-state index < -0.39 is 17.3 Å². The van der Waals surface area contributed by atoms with Gasteiger partial charge in [0.25, 0.3) is 5.56 Å². The van der Waals surface area contributed by atoms with Gasteiger partial charge in [0.05, 0.1) is 29.2 Å². The fraction of sp³-hybridized carbons (Fsp3) is 0.0800. The maximum Gasteiger partial charge on any atom is 1.00 e. The van der Waals surface area contributed by atoms with Crippen molar-refractivity contribution >= 4 is 39.4 Å². The van der Waals surface area contributed by atoms with Crippen LogP contribution in [-0.2, 0) is 6.54 Å². The molecule has 5 rings (SSSR count). The molecule has 2 aromatic carbocycles. The van der Waals surface area contributed by atoms with Crippen LogP contribution in [0.5, 0.6) is 0 Å². The molecule has 0 amide bonds. The Hall–Kier alpha value is -2.97. The third-order valence-electron chi connectivity index (χ3n) is 5.70. The van der Waals surface area contributed by atoms with Crippen LogP contribution in [0.25, 0.3) is 32.9 Å². The molecule has 0 fully saturated rings. The number of nitrogens with zero attached hydrogens (tertiary/aromatic N) is 2. The van der Waals surface area contributed by atoms with Crippen molar-refractivity contribution in [3.63, 3.8) is 0 Å². The second-order valence-corrected chi connectivity index (χ2v) is 8.12. The monoisotopic (exact) mass is 483 g/mol. The van der Waals surface area contributed by atoms with Crippen molar-refractivity contribution in [3.8, 4) is 11.1 Å². The van der Waals surface area contributed by atoms with Crippen LogP contribution in [-0.4, -0.2) is 20.5 Å². The maximum absolute atomic E-state index is 14.6. The summed E-state index contributed by atoms with van der Waals surface area (Å²) in [6, 6.07) is 15.1. The predicted octanol–water partition coefficient (Wildman–Crippen LogP) is 1.06. The third kappa shape index (κ3) is 4.05. The molecular weight excluding hydrogens is 468 g/mol. The number of hydrogen-bond acceptors (Lipinski definition) is 4. The maximum atomic E-state index is 14.6. The van der Waals surface area contributed by atoms with Gasteiger partial charge in [-0.05, 0) is 48.9 Å². The van der Waals surface area contributed by atoms with Crippen molar-refractivity contribution in [1.82, 2.24) is 14.5 Å². The van der Waals surface area contributed by atoms with Crippen molar-refractivity contribution in [3.05, 3.63) is 98.9 Å². The summed E-state index contributed by atoms with van der Waals surface area (Å²) >= 11 is 6.43. The number of nitrogens with one attached hydrogen (secondary N) is 1. The van der Waals surface area contributed by atoms with Gasteiger partial charge in [0, 0.05) is 33.7 Å². The number of aromatic nitrogens is 3. The number of aryl methyl sites for hydroxylation is 1. The number of fused-ring (bicyclic) bond motifs is 2. The molecule has 0 atom stereocenters. The van der Waals surface area contributed by atoms with Gasteiger partial charge >= 0.3 is 29.6 Å². The second kappa shape index (κ2) is 9.35. The van der Waals surface area contributed by atoms with E-state index in [1.807, 2.05) is 30.3 Å². The average molecular weight is 484 g/mol. The summed E-state index contributed by atoms with van der Waals surface area (Å²) < 4.78 is 16.0. The van der Waals surface area contributed by atoms with Gasteiger partial charge < -0.3 is 19.5 Å². The predicted molar refractivity (Wildman–Crippen MR) is 123 cm³/mol. The fourth-order valence-corrected chi connectivity index (χ4v) is 4.37. The number of aromatic amines is 1. The summed E-state index contributed by atoms with van der Waals surface area (Å²) in [5.74, 6) is -1.99. The van der Waals surface area contributed by atoms with E-state index in [0.717, 1.165) is 5.39 Å². The number of carboxylic acid groups (broad SMARTS) is 1. The van der Waals surface area contributed by atoms with E-state index in [1.54, 1.807) is 13.0 Å². The number of halogens is 2. The van der Waals surface area contributed by atoms with Crippen LogP contribution in [0.2, 0.25) is 5.15 Å². The van der Waals surface area contributed by atoms with Gasteiger partial charge in [-0.15, -0.1) is 0 Å². The van der Waals surface area contributed by atoms with Gasteiger partial charge in [0.1, 0.15) is 11.0 Å². The first-order valence-electron chi connectivity index (χ1n) is 10.1. The molecule has 3 aromatic heterocycles. The average Bonchev–Trinajstić information content (AvgIpc) is 3.08. The Bertz CT molecular complexity index is 1640. The molecule has 0 aliphatic heterocycles. The zero-order valence-corrected chi connectivity index (χ0v) is 21.1. The molecule has 0 aliphatic rings. The van der Waals surface area contributed by atoms with Crippen molar-refractivity contribution < 1.29 is 43.8 Å². The molecule has 5 aromatic rings. The quantitative estimate of drug-likeness (QED) is 0.306. The van der Waals surface area contributed by atoms with Crippen LogP contribution in [0, 0.1) is 12.7 Å². The van der Waals surface area contributed by atoms with Gasteiger partial charge in [-0.2, -0.15) is 0 Å². The molecule has 0 saturated heterocycles. The number of carboxylic acids is 1. The number of benzene rings is 2. The second-order valence-electron chi connectivity index (χ2n) is 7.76. The molecule has 0 radical (unpaired) electrons. The van der Waals surface area contributed by atoms with E-state index in [9.17, 15) is 19.1 Å². The van der Waals surface area contributed by atoms with Crippen molar-refractivity contribution in [2.24, 2.45) is 0 Å². The number of para-hydroxylation sites is 1. The molecule has 164 valence electrons. The van der Waals surface area contributed by atoms with Gasteiger partial charge in [-0.3, -0.25) is 4.79 Å². The third-order valence-corrected chi connectivity index (χ3v) is 6.03. The van der Waals surface area contributed by atoms with E-state index in [0.29, 0.717) is 27.5 Å². The Kier molecular flexibility index (Phi) is 6.64. The number of carbonyl (C=O) groups excluding carboxylic acids is 1. The van der Waals surface area contributed by atoms with Gasteiger partial charge in [-0.25, -0.2) is 9.37 Å². The minimum absolute atomic E-state index is 0. The van der Waals surface area contributed by atoms with E-state index >= 15 is 0 Å². The molecule has 0 bridgehead atoms. The van der Waals surface area contributed by atoms with Crippen molar-refractivity contribution in [2.75, 3.05) is 0 Å². The van der Waals surface area contributed by atoms with Crippen LogP contribution in [0.15, 0.2) is 65.6 Å². The van der Waals surface area contributed by atoms with Gasteiger partial charge in [-0.1, -0.05) is 29.8 Å². The minimum atomic E-state index is -1.49. The van der Waals surface area contributed by atoms with Gasteiger partial charge in [0.2, 0.25) is 0 Å². The smallest absolute Gasteiger partial charge is 0.543 e. The zero-order chi connectivity index (χ0) is 23.3. The summed E-state index contributed by atoms with van der Waals surface area (Å²) in [6.07, 6.45) is 1.45. The van der Waals surface area contributed by atoms with Crippen LogP contribution >= 0.6 is 11.6 Å². The first-order chi connectivity index (χ1) is 15.8. The van der Waals surface area contributed by atoms with Crippen LogP contribution in [0.3, 0.4) is 0 Å². The Labute approximate surface area is 220 Å². The summed E-state index contributed by atoms with van der Waals surface area (Å²) in [7, 11) is 0. The molecule has 6 nitrogen and oxygen atoms in total. The number of aromatic carboxylic acids is 1. The normalized spacial score (nSPS) is 11.0. The molecular formula is C25H16ClFN3NaO3. The molecule has 0 saturated carbocycles. The van der Waals surface area contributed by atoms with E-state index in [2.05, 4.69) is 9.97 Å². The topological polar surface area (TPSA) is 90.8 Å². The first-order valence-corrected chi connectivity index (χ1v) is 10.5. The zero-order valence-electron chi connectivity index (χ0n) is 18.4. The number of pyridine rings is 2. The number of carbonyl (C=O) groups is 1. The Morgan fingerprint density at radius 2 is 1.94 bits per heavy atom. The van der Waals surface area contributed by atoms with Gasteiger partial charge in [0.15, 0.2) is 0 Å². The number of rotatable bonds is 4. The van der Waals surface area contributed by atoms with Crippen LogP contribution < -0.4 is 40.2 Å². The first kappa shape index (κ1) is 24.2. The van der Waals surface area contributed by atoms with Crippen molar-refractivity contribution in [2.45, 2.75) is 13.5 Å². The minimum Gasteiger partial charge on any atom is -0.543 e. The SMILES string of the molecule is Cc1cc2c(-c3ccc[nH]c3=O)c(C(=O)[O-])n(Cc3cc4ccccc4nc3Cl)c2cc1F.[Na+]. The Morgan fingerprint density at radius 3 is 2.68 bits per heavy atom. The molecule has 0 aliphatic carbocycles. The van der Waals surface area contributed by atoms with Crippen molar-refractivity contribution in [1.29, 1.82) is 0 Å². The molecule has 0 spiro atoms. The summed E-state index contributed by atoms with van der Waals surface area (Å²) in [5, 5.41) is 13.8. The summed E-state index contributed by atoms with van der Waals surface area (Å²) in [5.41, 5.74) is 1.48. The Balaban J connectivity index is 0.00000274. The van der Waals surface area contributed by atoms with Crippen LogP contribution in [0.4, 0.5) is 4.39 Å². The van der Waals surface area contributed by atoms with E-state index in [-0.39, 0.29) is 58.1 Å². The number of hydrogen-bond donors (Lipinski definition) is 1. The molecule has 3 heterocycles. The standard InChI is InChI=1S/C25H17ClFN3O3.Na/c1-13-9-17-20(11-18(13)27)30(12-15-10-14-5-2-3-7-19(14)29-23(15)26)22(25(32)33)21(17)16-6-4-8-28-24(16)31;/h2-11H,12H2,1H3,(H,28,31)(H,32,33);/q;+1/p-1. The molecule has 1 N–H and O–H groups in total.